The summed E-state index contributed by atoms with van der Waals surface area (Å²) in [4.78, 5) is 27.1. The molecule has 220 valence electrons. The van der Waals surface area contributed by atoms with Crippen LogP contribution in [0.4, 0.5) is 10.5 Å². The summed E-state index contributed by atoms with van der Waals surface area (Å²) >= 11 is 0. The lowest BCUT2D eigenvalue weighted by molar-refractivity contribution is -0.552. The van der Waals surface area contributed by atoms with Gasteiger partial charge in [0.1, 0.15) is 12.1 Å². The van der Waals surface area contributed by atoms with E-state index < -0.39 is 45.4 Å². The number of fused-ring (bicyclic) bond motifs is 3. The zero-order valence-corrected chi connectivity index (χ0v) is 25.2. The first kappa shape index (κ1) is 28.0. The number of nitro groups is 1. The largest absolute Gasteiger partial charge is 0.443 e. The molecule has 1 aliphatic heterocycles. The van der Waals surface area contributed by atoms with E-state index >= 15 is 0 Å². The summed E-state index contributed by atoms with van der Waals surface area (Å²) in [6, 6.07) is 13.0. The van der Waals surface area contributed by atoms with Crippen LogP contribution in [0.3, 0.4) is 0 Å². The number of aryl methyl sites for hydroxylation is 2. The first-order valence-electron chi connectivity index (χ1n) is 14.6. The van der Waals surface area contributed by atoms with Crippen LogP contribution in [-0.4, -0.2) is 48.2 Å². The van der Waals surface area contributed by atoms with Gasteiger partial charge in [-0.15, -0.1) is 0 Å². The fraction of sp³-hybridized carbons (Fsp3) is 0.581. The molecule has 6 rings (SSSR count). The molecule has 4 aliphatic rings. The Labute approximate surface area is 242 Å². The molecule has 0 radical (unpaired) electrons. The maximum atomic E-state index is 14.5. The molecular formula is C31H39N3O6S. The summed E-state index contributed by atoms with van der Waals surface area (Å²) in [5, 5.41) is 12.1. The summed E-state index contributed by atoms with van der Waals surface area (Å²) < 4.78 is 36.9. The van der Waals surface area contributed by atoms with Gasteiger partial charge in [-0.2, -0.15) is 0 Å². The Hall–Kier alpha value is -3.14. The van der Waals surface area contributed by atoms with Gasteiger partial charge in [0.15, 0.2) is 0 Å². The number of hydrogen-bond donors (Lipinski definition) is 0. The van der Waals surface area contributed by atoms with Gasteiger partial charge in [0.05, 0.1) is 21.5 Å². The molecule has 2 bridgehead atoms. The van der Waals surface area contributed by atoms with Gasteiger partial charge in [-0.1, -0.05) is 51.5 Å². The number of likely N-dealkylation sites (tertiary alicyclic amines) is 1. The van der Waals surface area contributed by atoms with Crippen LogP contribution in [0.15, 0.2) is 53.4 Å². The molecule has 1 heterocycles. The molecule has 2 aromatic rings. The second kappa shape index (κ2) is 9.18. The van der Waals surface area contributed by atoms with E-state index in [4.69, 9.17) is 4.74 Å². The lowest BCUT2D eigenvalue weighted by Crippen LogP contribution is -2.54. The van der Waals surface area contributed by atoms with E-state index in [0.717, 1.165) is 30.4 Å². The molecule has 6 atom stereocenters. The average molecular weight is 582 g/mol. The van der Waals surface area contributed by atoms with Crippen LogP contribution >= 0.6 is 0 Å². The van der Waals surface area contributed by atoms with E-state index in [9.17, 15) is 23.3 Å². The van der Waals surface area contributed by atoms with Crippen LogP contribution in [0.5, 0.6) is 0 Å². The van der Waals surface area contributed by atoms with Crippen LogP contribution in [-0.2, 0) is 14.8 Å². The zero-order chi connectivity index (χ0) is 29.5. The number of anilines is 1. The molecule has 10 heteroatoms. The highest BCUT2D eigenvalue weighted by atomic mass is 32.2. The van der Waals surface area contributed by atoms with E-state index in [1.54, 1.807) is 30.3 Å². The highest BCUT2D eigenvalue weighted by Crippen LogP contribution is 2.68. The topological polar surface area (TPSA) is 110 Å². The third kappa shape index (κ3) is 3.85. The smallest absolute Gasteiger partial charge is 0.416 e. The number of ether oxygens (including phenoxy) is 1. The van der Waals surface area contributed by atoms with Crippen molar-refractivity contribution < 1.29 is 22.9 Å². The van der Waals surface area contributed by atoms with Gasteiger partial charge in [0, 0.05) is 11.8 Å². The fourth-order valence-corrected chi connectivity index (χ4v) is 10.2. The Morgan fingerprint density at radius 3 is 2.29 bits per heavy atom. The van der Waals surface area contributed by atoms with Crippen molar-refractivity contribution in [2.45, 2.75) is 102 Å². The molecule has 4 fully saturated rings. The fourth-order valence-electron chi connectivity index (χ4n) is 8.50. The van der Waals surface area contributed by atoms with Crippen LogP contribution in [0.2, 0.25) is 0 Å². The minimum absolute atomic E-state index is 0.0921. The maximum Gasteiger partial charge on any atom is 0.416 e. The Morgan fingerprint density at radius 1 is 1.02 bits per heavy atom. The van der Waals surface area contributed by atoms with Crippen molar-refractivity contribution in [3.05, 3.63) is 69.8 Å². The second-order valence-corrected chi connectivity index (χ2v) is 15.1. The van der Waals surface area contributed by atoms with Gasteiger partial charge in [0.25, 0.3) is 10.0 Å². The van der Waals surface area contributed by atoms with Crippen molar-refractivity contribution in [1.82, 2.24) is 4.90 Å². The summed E-state index contributed by atoms with van der Waals surface area (Å²) in [6.45, 7) is 10.2. The Kier molecular flexibility index (Phi) is 6.27. The molecule has 2 unspecified atom stereocenters. The van der Waals surface area contributed by atoms with E-state index in [-0.39, 0.29) is 21.2 Å². The number of sulfonamides is 1. The lowest BCUT2D eigenvalue weighted by atomic mass is 9.70. The molecule has 1 saturated heterocycles. The first-order chi connectivity index (χ1) is 19.3. The van der Waals surface area contributed by atoms with Crippen molar-refractivity contribution >= 4 is 21.8 Å². The number of benzene rings is 2. The quantitative estimate of drug-likeness (QED) is 0.233. The first-order valence-corrected chi connectivity index (χ1v) is 16.0. The molecule has 0 aromatic heterocycles. The summed E-state index contributed by atoms with van der Waals surface area (Å²) in [7, 11) is -4.07. The van der Waals surface area contributed by atoms with Crippen LogP contribution in [0.1, 0.15) is 70.4 Å². The zero-order valence-electron chi connectivity index (χ0n) is 24.4. The van der Waals surface area contributed by atoms with Crippen molar-refractivity contribution in [2.75, 3.05) is 4.31 Å². The standard InChI is InChI=1S/C31H39N3O6S/c1-20-17-21(2)19-22(18-20)33(41(38,39)23-11-7-6-8-12-23)26-24-14-16-30(5,29(24,3)4)27(26)40-28(35)32-25-13-9-10-15-31(25,32)34(36)37/h6-8,11-12,17-19,24-27H,9-10,13-16H2,1-5H3/t24-,25?,26-,27-,30+,31?,32?/m1/s1. The van der Waals surface area contributed by atoms with Crippen molar-refractivity contribution in [3.63, 3.8) is 0 Å². The second-order valence-electron chi connectivity index (χ2n) is 13.3. The Bertz CT molecular complexity index is 1490. The minimum Gasteiger partial charge on any atom is -0.443 e. The Balaban J connectivity index is 1.47. The van der Waals surface area contributed by atoms with Gasteiger partial charge >= 0.3 is 11.8 Å². The highest BCUT2D eigenvalue weighted by Gasteiger charge is 2.78. The molecule has 1 amide bonds. The van der Waals surface area contributed by atoms with Gasteiger partial charge in [-0.25, -0.2) is 18.1 Å². The van der Waals surface area contributed by atoms with E-state index in [1.165, 1.54) is 9.21 Å². The molecule has 3 aliphatic carbocycles. The van der Waals surface area contributed by atoms with Crippen LogP contribution in [0.25, 0.3) is 0 Å². The molecule has 0 spiro atoms. The SMILES string of the molecule is Cc1cc(C)cc(N([C@@H]2[C@H]3CC[C@@](C)([C@@H]2OC(=O)N2C4CCCCC42[N+](=O)[O-])C3(C)C)S(=O)(=O)c2ccccc2)c1. The molecule has 2 aromatic carbocycles. The van der Waals surface area contributed by atoms with E-state index in [0.29, 0.717) is 24.9 Å². The van der Waals surface area contributed by atoms with E-state index in [2.05, 4.69) is 20.8 Å². The number of carbonyl (C=O) groups excluding carboxylic acids is 1. The van der Waals surface area contributed by atoms with Crippen LogP contribution in [0, 0.1) is 40.7 Å². The molecular weight excluding hydrogens is 542 g/mol. The third-order valence-electron chi connectivity index (χ3n) is 11.0. The molecule has 41 heavy (non-hydrogen) atoms. The van der Waals surface area contributed by atoms with Crippen molar-refractivity contribution in [3.8, 4) is 0 Å². The predicted octanol–water partition coefficient (Wildman–Crippen LogP) is 6.06. The normalized spacial score (nSPS) is 33.2. The monoisotopic (exact) mass is 581 g/mol. The van der Waals surface area contributed by atoms with Crippen LogP contribution < -0.4 is 4.31 Å². The minimum atomic E-state index is -4.07. The highest BCUT2D eigenvalue weighted by molar-refractivity contribution is 7.92. The molecule has 0 N–H and O–H groups in total. The summed E-state index contributed by atoms with van der Waals surface area (Å²) in [5.74, 6) is -0.0921. The van der Waals surface area contributed by atoms with Crippen molar-refractivity contribution in [1.29, 1.82) is 0 Å². The number of nitrogens with zero attached hydrogens (tertiary/aromatic N) is 3. The number of amides is 1. The lowest BCUT2D eigenvalue weighted by Gasteiger charge is -2.42. The number of carbonyl (C=O) groups is 1. The van der Waals surface area contributed by atoms with Gasteiger partial charge in [0.2, 0.25) is 0 Å². The van der Waals surface area contributed by atoms with E-state index in [1.807, 2.05) is 32.0 Å². The maximum absolute atomic E-state index is 14.5. The van der Waals surface area contributed by atoms with Gasteiger partial charge in [-0.05, 0) is 86.3 Å². The number of rotatable bonds is 6. The predicted molar refractivity (Wildman–Crippen MR) is 155 cm³/mol. The van der Waals surface area contributed by atoms with Crippen molar-refractivity contribution in [2.24, 2.45) is 16.7 Å². The average Bonchev–Trinajstić information content (AvgIpc) is 3.51. The third-order valence-corrected chi connectivity index (χ3v) is 12.8. The van der Waals surface area contributed by atoms with Gasteiger partial charge < -0.3 is 4.74 Å². The summed E-state index contributed by atoms with van der Waals surface area (Å²) in [6.07, 6.45) is 2.49. The molecule has 3 saturated carbocycles. The molecule has 9 nitrogen and oxygen atoms in total. The Morgan fingerprint density at radius 2 is 1.68 bits per heavy atom. The summed E-state index contributed by atoms with van der Waals surface area (Å²) in [5.41, 5.74) is 0.116. The number of hydrogen-bond acceptors (Lipinski definition) is 6. The van der Waals surface area contributed by atoms with Gasteiger partial charge in [-0.3, -0.25) is 14.4 Å².